The highest BCUT2D eigenvalue weighted by Crippen LogP contribution is 2.31. The van der Waals surface area contributed by atoms with Gasteiger partial charge in [-0.3, -0.25) is 0 Å². The second-order valence-electron chi connectivity index (χ2n) is 7.23. The van der Waals surface area contributed by atoms with Gasteiger partial charge in [0.1, 0.15) is 0 Å². The molecule has 1 atom stereocenters. The SMILES string of the molecule is CCN(CC)c1ccc(C2NC(=O)NC(C(C)C)=C2C(=O)OC(C)C)cc1. The highest BCUT2D eigenvalue weighted by molar-refractivity contribution is 5.95. The van der Waals surface area contributed by atoms with Crippen molar-refractivity contribution in [2.45, 2.75) is 53.7 Å². The van der Waals surface area contributed by atoms with Crippen LogP contribution >= 0.6 is 0 Å². The fourth-order valence-corrected chi connectivity index (χ4v) is 3.26. The van der Waals surface area contributed by atoms with E-state index in [1.165, 1.54) is 0 Å². The number of nitrogens with one attached hydrogen (secondary N) is 2. The molecule has 0 fully saturated rings. The molecule has 0 saturated carbocycles. The first-order valence-electron chi connectivity index (χ1n) is 9.65. The molecule has 6 heteroatoms. The third kappa shape index (κ3) is 4.81. The van der Waals surface area contributed by atoms with Gasteiger partial charge in [0.15, 0.2) is 0 Å². The number of allylic oxidation sites excluding steroid dienone is 1. The number of carbonyl (C=O) groups excluding carboxylic acids is 2. The predicted octanol–water partition coefficient (Wildman–Crippen LogP) is 3.75. The summed E-state index contributed by atoms with van der Waals surface area (Å²) in [5, 5.41) is 5.66. The average molecular weight is 373 g/mol. The zero-order valence-corrected chi connectivity index (χ0v) is 17.1. The van der Waals surface area contributed by atoms with E-state index in [4.69, 9.17) is 4.74 Å². The Morgan fingerprint density at radius 1 is 1.11 bits per heavy atom. The Kier molecular flexibility index (Phi) is 6.88. The fourth-order valence-electron chi connectivity index (χ4n) is 3.26. The Labute approximate surface area is 162 Å². The topological polar surface area (TPSA) is 70.7 Å². The van der Waals surface area contributed by atoms with Crippen LogP contribution in [0.3, 0.4) is 0 Å². The van der Waals surface area contributed by atoms with Crippen molar-refractivity contribution in [3.05, 3.63) is 41.1 Å². The predicted molar refractivity (Wildman–Crippen MR) is 108 cm³/mol. The lowest BCUT2D eigenvalue weighted by Crippen LogP contribution is -2.47. The van der Waals surface area contributed by atoms with Gasteiger partial charge in [-0.25, -0.2) is 9.59 Å². The third-order valence-electron chi connectivity index (χ3n) is 4.60. The van der Waals surface area contributed by atoms with Gasteiger partial charge < -0.3 is 20.3 Å². The number of hydrogen-bond acceptors (Lipinski definition) is 4. The maximum Gasteiger partial charge on any atom is 0.338 e. The maximum absolute atomic E-state index is 12.8. The second-order valence-corrected chi connectivity index (χ2v) is 7.23. The van der Waals surface area contributed by atoms with Gasteiger partial charge in [0.25, 0.3) is 0 Å². The molecular formula is C21H31N3O3. The summed E-state index contributed by atoms with van der Waals surface area (Å²) in [4.78, 5) is 27.2. The molecule has 0 spiro atoms. The molecule has 2 N–H and O–H groups in total. The quantitative estimate of drug-likeness (QED) is 0.714. The van der Waals surface area contributed by atoms with Gasteiger partial charge in [0.05, 0.1) is 17.7 Å². The minimum Gasteiger partial charge on any atom is -0.459 e. The van der Waals surface area contributed by atoms with E-state index in [2.05, 4.69) is 29.4 Å². The zero-order chi connectivity index (χ0) is 20.1. The molecule has 27 heavy (non-hydrogen) atoms. The van der Waals surface area contributed by atoms with Crippen LogP contribution in [0.5, 0.6) is 0 Å². The summed E-state index contributed by atoms with van der Waals surface area (Å²) in [6.45, 7) is 13.6. The number of nitrogens with zero attached hydrogens (tertiary/aromatic N) is 1. The van der Waals surface area contributed by atoms with Crippen molar-refractivity contribution in [1.29, 1.82) is 0 Å². The first kappa shape index (κ1) is 20.8. The lowest BCUT2D eigenvalue weighted by atomic mass is 9.91. The van der Waals surface area contributed by atoms with E-state index in [9.17, 15) is 9.59 Å². The third-order valence-corrected chi connectivity index (χ3v) is 4.60. The highest BCUT2D eigenvalue weighted by atomic mass is 16.5. The van der Waals surface area contributed by atoms with Gasteiger partial charge in [-0.1, -0.05) is 26.0 Å². The Balaban J connectivity index is 2.46. The van der Waals surface area contributed by atoms with Crippen molar-refractivity contribution >= 4 is 17.7 Å². The van der Waals surface area contributed by atoms with Crippen LogP contribution in [0.15, 0.2) is 35.5 Å². The first-order valence-corrected chi connectivity index (χ1v) is 9.65. The van der Waals surface area contributed by atoms with Crippen molar-refractivity contribution in [1.82, 2.24) is 10.6 Å². The van der Waals surface area contributed by atoms with Crippen LogP contribution in [-0.4, -0.2) is 31.2 Å². The molecule has 6 nitrogen and oxygen atoms in total. The van der Waals surface area contributed by atoms with E-state index in [-0.39, 0.29) is 18.1 Å². The molecule has 0 saturated heterocycles. The molecule has 0 aliphatic carbocycles. The first-order chi connectivity index (χ1) is 12.8. The van der Waals surface area contributed by atoms with Crippen LogP contribution in [0, 0.1) is 5.92 Å². The average Bonchev–Trinajstić information content (AvgIpc) is 2.61. The number of urea groups is 1. The van der Waals surface area contributed by atoms with E-state index in [0.29, 0.717) is 11.3 Å². The summed E-state index contributed by atoms with van der Waals surface area (Å²) in [5.74, 6) is -0.415. The van der Waals surface area contributed by atoms with Crippen LogP contribution in [0.2, 0.25) is 0 Å². The highest BCUT2D eigenvalue weighted by Gasteiger charge is 2.35. The van der Waals surface area contributed by atoms with Crippen LogP contribution in [-0.2, 0) is 9.53 Å². The summed E-state index contributed by atoms with van der Waals surface area (Å²) in [5.41, 5.74) is 3.05. The monoisotopic (exact) mass is 373 g/mol. The molecule has 1 aliphatic rings. The smallest absolute Gasteiger partial charge is 0.338 e. The molecule has 1 aromatic carbocycles. The maximum atomic E-state index is 12.8. The van der Waals surface area contributed by atoms with E-state index < -0.39 is 12.0 Å². The summed E-state index contributed by atoms with van der Waals surface area (Å²) in [6.07, 6.45) is -0.235. The lowest BCUT2D eigenvalue weighted by Gasteiger charge is -2.31. The van der Waals surface area contributed by atoms with Crippen molar-refractivity contribution in [2.24, 2.45) is 5.92 Å². The second kappa shape index (κ2) is 8.93. The Bertz CT molecular complexity index is 704. The molecule has 1 aliphatic heterocycles. The van der Waals surface area contributed by atoms with Crippen molar-refractivity contribution in [3.63, 3.8) is 0 Å². The summed E-state index contributed by atoms with van der Waals surface area (Å²) >= 11 is 0. The van der Waals surface area contributed by atoms with Gasteiger partial charge in [0.2, 0.25) is 0 Å². The number of hydrogen-bond donors (Lipinski definition) is 2. The Morgan fingerprint density at radius 3 is 2.19 bits per heavy atom. The lowest BCUT2D eigenvalue weighted by molar-refractivity contribution is -0.143. The van der Waals surface area contributed by atoms with Crippen molar-refractivity contribution in [3.8, 4) is 0 Å². The minimum absolute atomic E-state index is 0.0109. The molecule has 2 rings (SSSR count). The number of amides is 2. The number of anilines is 1. The molecule has 1 unspecified atom stereocenters. The number of benzene rings is 1. The van der Waals surface area contributed by atoms with E-state index in [1.54, 1.807) is 0 Å². The molecule has 0 bridgehead atoms. The largest absolute Gasteiger partial charge is 0.459 e. The molecule has 0 radical (unpaired) electrons. The zero-order valence-electron chi connectivity index (χ0n) is 17.1. The van der Waals surface area contributed by atoms with Gasteiger partial charge >= 0.3 is 12.0 Å². The minimum atomic E-state index is -0.534. The Hall–Kier alpha value is -2.50. The number of rotatable bonds is 7. The molecule has 0 aromatic heterocycles. The number of carbonyl (C=O) groups is 2. The van der Waals surface area contributed by atoms with E-state index in [0.717, 1.165) is 24.3 Å². The number of esters is 1. The number of ether oxygens (including phenoxy) is 1. The molecule has 1 aromatic rings. The van der Waals surface area contributed by atoms with Crippen LogP contribution < -0.4 is 15.5 Å². The molecule has 2 amide bonds. The fraction of sp³-hybridized carbons (Fsp3) is 0.524. The standard InChI is InChI=1S/C21H31N3O3/c1-7-24(8-2)16-11-9-15(10-12-16)19-17(20(25)27-14(5)6)18(13(3)4)22-21(26)23-19/h9-14,19H,7-8H2,1-6H3,(H2,22,23,26). The van der Waals surface area contributed by atoms with Crippen LogP contribution in [0.4, 0.5) is 10.5 Å². The van der Waals surface area contributed by atoms with Gasteiger partial charge in [0, 0.05) is 24.5 Å². The normalized spacial score (nSPS) is 17.0. The van der Waals surface area contributed by atoms with Gasteiger partial charge in [-0.05, 0) is 51.3 Å². The van der Waals surface area contributed by atoms with Crippen molar-refractivity contribution < 1.29 is 14.3 Å². The summed E-state index contributed by atoms with van der Waals surface area (Å²) in [7, 11) is 0. The molecule has 148 valence electrons. The molecule has 1 heterocycles. The summed E-state index contributed by atoms with van der Waals surface area (Å²) in [6, 6.07) is 7.13. The Morgan fingerprint density at radius 2 is 1.70 bits per heavy atom. The van der Waals surface area contributed by atoms with Gasteiger partial charge in [-0.15, -0.1) is 0 Å². The van der Waals surface area contributed by atoms with Gasteiger partial charge in [-0.2, -0.15) is 0 Å². The van der Waals surface area contributed by atoms with Crippen molar-refractivity contribution in [2.75, 3.05) is 18.0 Å². The molecular weight excluding hydrogens is 342 g/mol. The van der Waals surface area contributed by atoms with Crippen LogP contribution in [0.25, 0.3) is 0 Å². The summed E-state index contributed by atoms with van der Waals surface area (Å²) < 4.78 is 5.46. The van der Waals surface area contributed by atoms with E-state index in [1.807, 2.05) is 52.0 Å². The van der Waals surface area contributed by atoms with Crippen LogP contribution in [0.1, 0.15) is 53.1 Å². The van der Waals surface area contributed by atoms with E-state index >= 15 is 0 Å².